The molecule has 0 saturated carbocycles. The lowest BCUT2D eigenvalue weighted by Gasteiger charge is -1.70. The van der Waals surface area contributed by atoms with Crippen molar-refractivity contribution in [1.29, 1.82) is 0 Å². The van der Waals surface area contributed by atoms with Crippen molar-refractivity contribution in [2.75, 3.05) is 0 Å². The molecule has 1 aromatic carbocycles. The van der Waals surface area contributed by atoms with E-state index in [1.54, 1.807) is 0 Å². The second kappa shape index (κ2) is 2.31. The Kier molecular flexibility index (Phi) is 1.88. The van der Waals surface area contributed by atoms with Crippen molar-refractivity contribution in [2.45, 2.75) is 10.7 Å². The summed E-state index contributed by atoms with van der Waals surface area (Å²) in [7, 11) is 0. The van der Waals surface area contributed by atoms with Crippen LogP contribution in [0.15, 0.2) is 4.79 Å². The molecule has 0 bridgehead atoms. The summed E-state index contributed by atoms with van der Waals surface area (Å²) in [5.41, 5.74) is 2.13. The summed E-state index contributed by atoms with van der Waals surface area (Å²) in [6.45, 7) is 0. The van der Waals surface area contributed by atoms with Gasteiger partial charge in [-0.05, 0) is 0 Å². The van der Waals surface area contributed by atoms with E-state index in [2.05, 4.69) is 31.9 Å². The van der Waals surface area contributed by atoms with E-state index >= 15 is 0 Å². The molecule has 0 aliphatic carbocycles. The highest BCUT2D eigenvalue weighted by atomic mass is 79.9. The van der Waals surface area contributed by atoms with Crippen molar-refractivity contribution in [3.8, 4) is 0 Å². The molecule has 0 fully saturated rings. The number of rotatable bonds is 2. The third-order valence-corrected chi connectivity index (χ3v) is 2.24. The Morgan fingerprint density at radius 2 is 1.50 bits per heavy atom. The molecule has 0 aromatic heterocycles. The van der Waals surface area contributed by atoms with Crippen LogP contribution in [0.3, 0.4) is 0 Å². The number of hydrogen-bond acceptors (Lipinski definition) is 1. The summed E-state index contributed by atoms with van der Waals surface area (Å²) in [5, 5.41) is 1.43. The van der Waals surface area contributed by atoms with Gasteiger partial charge in [-0.2, -0.15) is 0 Å². The van der Waals surface area contributed by atoms with Gasteiger partial charge in [0, 0.05) is 21.8 Å². The maximum absolute atomic E-state index is 10.5. The Balaban J connectivity index is 2.70. The van der Waals surface area contributed by atoms with E-state index < -0.39 is 0 Å². The Morgan fingerprint density at radius 1 is 1.12 bits per heavy atom. The second-order valence-electron chi connectivity index (χ2n) is 1.55. The minimum Gasteiger partial charge on any atom is -0.289 e. The summed E-state index contributed by atoms with van der Waals surface area (Å²) in [6.07, 6.45) is 0. The van der Waals surface area contributed by atoms with Crippen LogP contribution in [0.4, 0.5) is 0 Å². The summed E-state index contributed by atoms with van der Waals surface area (Å²) in [5.74, 6) is 0. The van der Waals surface area contributed by atoms with Crippen molar-refractivity contribution < 1.29 is 0 Å². The summed E-state index contributed by atoms with van der Waals surface area (Å²) < 4.78 is 0. The molecular formula is C5H4Br2O. The number of halogens is 2. The van der Waals surface area contributed by atoms with E-state index in [4.69, 9.17) is 0 Å². The normalized spacial score (nSPS) is 10.8. The van der Waals surface area contributed by atoms with Gasteiger partial charge in [0.1, 0.15) is 0 Å². The predicted molar refractivity (Wildman–Crippen MR) is 40.3 cm³/mol. The standard InChI is InChI=1S/C5H4Br2O/c6-1-3-4(2-7)5(3)8/h1-2H2. The van der Waals surface area contributed by atoms with Gasteiger partial charge in [0.2, 0.25) is 0 Å². The molecule has 0 aliphatic heterocycles. The van der Waals surface area contributed by atoms with Crippen molar-refractivity contribution in [2.24, 2.45) is 0 Å². The number of alkyl halides is 2. The zero-order valence-corrected chi connectivity index (χ0v) is 7.25. The van der Waals surface area contributed by atoms with E-state index in [1.807, 2.05) is 0 Å². The van der Waals surface area contributed by atoms with Crippen LogP contribution in [0.2, 0.25) is 0 Å². The molecule has 44 valence electrons. The first-order valence-corrected chi connectivity index (χ1v) is 4.44. The van der Waals surface area contributed by atoms with Crippen LogP contribution in [0.1, 0.15) is 11.1 Å². The molecule has 0 aliphatic rings. The third-order valence-electron chi connectivity index (χ3n) is 1.12. The first-order valence-electron chi connectivity index (χ1n) is 2.20. The highest BCUT2D eigenvalue weighted by molar-refractivity contribution is 9.09. The van der Waals surface area contributed by atoms with Gasteiger partial charge in [-0.1, -0.05) is 31.9 Å². The van der Waals surface area contributed by atoms with Crippen LogP contribution in [0.25, 0.3) is 0 Å². The van der Waals surface area contributed by atoms with Gasteiger partial charge >= 0.3 is 0 Å². The van der Waals surface area contributed by atoms with Gasteiger partial charge in [-0.25, -0.2) is 0 Å². The Labute approximate surface area is 64.0 Å². The predicted octanol–water partition coefficient (Wildman–Crippen LogP) is 1.71. The molecule has 3 heteroatoms. The van der Waals surface area contributed by atoms with Crippen LogP contribution in [0.5, 0.6) is 0 Å². The van der Waals surface area contributed by atoms with Gasteiger partial charge in [-0.3, -0.25) is 4.79 Å². The van der Waals surface area contributed by atoms with Gasteiger partial charge in [0.25, 0.3) is 0 Å². The quantitative estimate of drug-likeness (QED) is 0.719. The summed E-state index contributed by atoms with van der Waals surface area (Å²) >= 11 is 6.40. The molecule has 8 heavy (non-hydrogen) atoms. The zero-order chi connectivity index (χ0) is 6.15. The Hall–Kier alpha value is 0.370. The fraction of sp³-hybridized carbons (Fsp3) is 0.400. The topological polar surface area (TPSA) is 17.1 Å². The molecule has 0 saturated heterocycles. The van der Waals surface area contributed by atoms with E-state index in [1.165, 1.54) is 0 Å². The summed E-state index contributed by atoms with van der Waals surface area (Å²) in [4.78, 5) is 10.5. The molecule has 0 spiro atoms. The fourth-order valence-electron chi connectivity index (χ4n) is 0.531. The van der Waals surface area contributed by atoms with E-state index in [0.29, 0.717) is 10.7 Å². The molecule has 0 amide bonds. The lowest BCUT2D eigenvalue weighted by Crippen LogP contribution is -1.76. The molecule has 1 rings (SSSR count). The van der Waals surface area contributed by atoms with Crippen LogP contribution in [-0.4, -0.2) is 0 Å². The van der Waals surface area contributed by atoms with Crippen molar-refractivity contribution in [1.82, 2.24) is 0 Å². The summed E-state index contributed by atoms with van der Waals surface area (Å²) in [6, 6.07) is 0. The molecule has 0 N–H and O–H groups in total. The van der Waals surface area contributed by atoms with E-state index in [9.17, 15) is 4.79 Å². The largest absolute Gasteiger partial charge is 0.289 e. The molecule has 0 atom stereocenters. The van der Waals surface area contributed by atoms with Crippen LogP contribution < -0.4 is 5.43 Å². The minimum atomic E-state index is 0.235. The molecular weight excluding hydrogens is 236 g/mol. The first kappa shape index (κ1) is 6.49. The second-order valence-corrected chi connectivity index (χ2v) is 2.67. The zero-order valence-electron chi connectivity index (χ0n) is 4.08. The van der Waals surface area contributed by atoms with E-state index in [0.717, 1.165) is 11.1 Å². The molecule has 0 radical (unpaired) electrons. The average molecular weight is 240 g/mol. The highest BCUT2D eigenvalue weighted by Gasteiger charge is 2.18. The Bertz CT molecular complexity index is 178. The first-order chi connectivity index (χ1) is 3.81. The third kappa shape index (κ3) is 0.890. The van der Waals surface area contributed by atoms with Crippen LogP contribution in [0, 0.1) is 0 Å². The Morgan fingerprint density at radius 3 is 1.62 bits per heavy atom. The lowest BCUT2D eigenvalue weighted by atomic mass is 10.5. The molecule has 0 heterocycles. The molecule has 1 nitrogen and oxygen atoms in total. The minimum absolute atomic E-state index is 0.235. The fourth-order valence-corrected chi connectivity index (χ4v) is 1.72. The van der Waals surface area contributed by atoms with Crippen LogP contribution >= 0.6 is 31.9 Å². The van der Waals surface area contributed by atoms with E-state index in [-0.39, 0.29) is 5.43 Å². The lowest BCUT2D eigenvalue weighted by molar-refractivity contribution is 1.51. The van der Waals surface area contributed by atoms with Gasteiger partial charge in [0.15, 0.2) is 5.43 Å². The van der Waals surface area contributed by atoms with Gasteiger partial charge in [-0.15, -0.1) is 0 Å². The van der Waals surface area contributed by atoms with Gasteiger partial charge in [0.05, 0.1) is 0 Å². The maximum Gasteiger partial charge on any atom is 0.187 e. The van der Waals surface area contributed by atoms with Crippen molar-refractivity contribution in [3.63, 3.8) is 0 Å². The van der Waals surface area contributed by atoms with Gasteiger partial charge < -0.3 is 0 Å². The molecule has 0 unspecified atom stereocenters. The smallest absolute Gasteiger partial charge is 0.187 e. The molecule has 1 aromatic rings. The maximum atomic E-state index is 10.5. The average Bonchev–Trinajstić information content (AvgIpc) is 2.40. The van der Waals surface area contributed by atoms with Crippen molar-refractivity contribution in [3.05, 3.63) is 21.4 Å². The SMILES string of the molecule is O=c1c(CBr)c1CBr. The highest BCUT2D eigenvalue weighted by Crippen LogP contribution is 2.15. The number of hydrogen-bond donors (Lipinski definition) is 0. The monoisotopic (exact) mass is 238 g/mol. The van der Waals surface area contributed by atoms with Crippen LogP contribution in [-0.2, 0) is 10.7 Å². The van der Waals surface area contributed by atoms with Crippen molar-refractivity contribution >= 4 is 31.9 Å².